The summed E-state index contributed by atoms with van der Waals surface area (Å²) < 4.78 is 12.4. The summed E-state index contributed by atoms with van der Waals surface area (Å²) in [7, 11) is 0. The normalized spacial score (nSPS) is 35.3. The second kappa shape index (κ2) is 4.55. The molecule has 1 saturated heterocycles. The molecular weight excluding hydrogens is 212 g/mol. The highest BCUT2D eigenvalue weighted by molar-refractivity contribution is 4.92. The van der Waals surface area contributed by atoms with E-state index in [1.807, 2.05) is 0 Å². The third-order valence-electron chi connectivity index (χ3n) is 3.76. The summed E-state index contributed by atoms with van der Waals surface area (Å²) in [5.74, 6) is -0.418. The van der Waals surface area contributed by atoms with E-state index < -0.39 is 5.79 Å². The van der Waals surface area contributed by atoms with Gasteiger partial charge < -0.3 is 9.47 Å². The maximum absolute atomic E-state index is 6.20. The van der Waals surface area contributed by atoms with Crippen LogP contribution in [0.2, 0.25) is 0 Å². The summed E-state index contributed by atoms with van der Waals surface area (Å²) in [6.07, 6.45) is 2.46. The van der Waals surface area contributed by atoms with Crippen LogP contribution in [0.25, 0.3) is 0 Å². The van der Waals surface area contributed by atoms with Gasteiger partial charge in [0.1, 0.15) is 0 Å². The summed E-state index contributed by atoms with van der Waals surface area (Å²) >= 11 is 0. The first-order valence-electron chi connectivity index (χ1n) is 6.82. The second-order valence-electron chi connectivity index (χ2n) is 7.71. The molecule has 2 unspecified atom stereocenters. The number of hydrogen-bond donors (Lipinski definition) is 0. The molecule has 2 nitrogen and oxygen atoms in total. The third kappa shape index (κ3) is 3.45. The predicted molar refractivity (Wildman–Crippen MR) is 72.0 cm³/mol. The molecular formula is C15H30O2. The van der Waals surface area contributed by atoms with Crippen molar-refractivity contribution in [1.29, 1.82) is 0 Å². The van der Waals surface area contributed by atoms with Crippen LogP contribution in [-0.2, 0) is 9.47 Å². The topological polar surface area (TPSA) is 18.5 Å². The fourth-order valence-electron chi connectivity index (χ4n) is 2.21. The fraction of sp³-hybridized carbons (Fsp3) is 1.00. The van der Waals surface area contributed by atoms with Crippen LogP contribution < -0.4 is 0 Å². The average Bonchev–Trinajstić information content (AvgIpc) is 2.38. The van der Waals surface area contributed by atoms with E-state index in [2.05, 4.69) is 55.4 Å². The Hall–Kier alpha value is -0.0800. The summed E-state index contributed by atoms with van der Waals surface area (Å²) in [6, 6.07) is 0. The van der Waals surface area contributed by atoms with Gasteiger partial charge in [-0.05, 0) is 25.7 Å². The summed E-state index contributed by atoms with van der Waals surface area (Å²) in [5.41, 5.74) is 0.331. The molecule has 0 saturated carbocycles. The van der Waals surface area contributed by atoms with Crippen molar-refractivity contribution in [2.45, 2.75) is 86.2 Å². The van der Waals surface area contributed by atoms with Gasteiger partial charge in [-0.1, -0.05) is 41.5 Å². The van der Waals surface area contributed by atoms with Crippen LogP contribution in [0.1, 0.15) is 68.2 Å². The van der Waals surface area contributed by atoms with E-state index in [0.717, 1.165) is 12.8 Å². The highest BCUT2D eigenvalue weighted by atomic mass is 16.8. The van der Waals surface area contributed by atoms with E-state index in [-0.39, 0.29) is 17.6 Å². The second-order valence-corrected chi connectivity index (χ2v) is 7.71. The van der Waals surface area contributed by atoms with Crippen LogP contribution in [0.3, 0.4) is 0 Å². The van der Waals surface area contributed by atoms with Crippen molar-refractivity contribution in [3.8, 4) is 0 Å². The number of ether oxygens (including phenoxy) is 2. The monoisotopic (exact) mass is 242 g/mol. The van der Waals surface area contributed by atoms with Crippen molar-refractivity contribution in [2.75, 3.05) is 0 Å². The largest absolute Gasteiger partial charge is 0.344 e. The lowest BCUT2D eigenvalue weighted by Crippen LogP contribution is -2.45. The molecule has 0 aromatic heterocycles. The van der Waals surface area contributed by atoms with Crippen molar-refractivity contribution in [3.63, 3.8) is 0 Å². The predicted octanol–water partition coefficient (Wildman–Crippen LogP) is 4.38. The van der Waals surface area contributed by atoms with Crippen molar-refractivity contribution >= 4 is 0 Å². The maximum Gasteiger partial charge on any atom is 0.174 e. The zero-order valence-corrected chi connectivity index (χ0v) is 12.9. The molecule has 0 aliphatic carbocycles. The Bertz CT molecular complexity index is 247. The van der Waals surface area contributed by atoms with Crippen molar-refractivity contribution in [2.24, 2.45) is 10.8 Å². The lowest BCUT2D eigenvalue weighted by Gasteiger charge is -2.41. The van der Waals surface area contributed by atoms with Crippen LogP contribution in [0, 0.1) is 10.8 Å². The van der Waals surface area contributed by atoms with Gasteiger partial charge in [-0.25, -0.2) is 0 Å². The van der Waals surface area contributed by atoms with E-state index >= 15 is 0 Å². The van der Waals surface area contributed by atoms with Gasteiger partial charge in [-0.2, -0.15) is 0 Å². The lowest BCUT2D eigenvalue weighted by atomic mass is 9.78. The third-order valence-corrected chi connectivity index (χ3v) is 3.76. The van der Waals surface area contributed by atoms with Gasteiger partial charge in [0.05, 0.1) is 12.2 Å². The van der Waals surface area contributed by atoms with Gasteiger partial charge >= 0.3 is 0 Å². The van der Waals surface area contributed by atoms with Crippen LogP contribution in [0.4, 0.5) is 0 Å². The molecule has 102 valence electrons. The van der Waals surface area contributed by atoms with Crippen LogP contribution in [0.5, 0.6) is 0 Å². The van der Waals surface area contributed by atoms with Crippen molar-refractivity contribution < 1.29 is 9.47 Å². The molecule has 0 N–H and O–H groups in total. The van der Waals surface area contributed by atoms with Crippen molar-refractivity contribution in [1.82, 2.24) is 0 Å². The van der Waals surface area contributed by atoms with Gasteiger partial charge in [-0.15, -0.1) is 0 Å². The summed E-state index contributed by atoms with van der Waals surface area (Å²) in [6.45, 7) is 17.6. The lowest BCUT2D eigenvalue weighted by molar-refractivity contribution is -0.242. The molecule has 1 aliphatic heterocycles. The minimum Gasteiger partial charge on any atom is -0.344 e. The number of rotatable bonds is 2. The highest BCUT2D eigenvalue weighted by Crippen LogP contribution is 2.46. The molecule has 17 heavy (non-hydrogen) atoms. The molecule has 1 aliphatic rings. The van der Waals surface area contributed by atoms with E-state index in [0.29, 0.717) is 5.41 Å². The Morgan fingerprint density at radius 1 is 0.882 bits per heavy atom. The van der Waals surface area contributed by atoms with Gasteiger partial charge in [0.15, 0.2) is 5.79 Å². The molecule has 0 aromatic rings. The first-order chi connectivity index (χ1) is 7.47. The smallest absolute Gasteiger partial charge is 0.174 e. The molecule has 0 aromatic carbocycles. The summed E-state index contributed by atoms with van der Waals surface area (Å²) in [4.78, 5) is 0. The maximum atomic E-state index is 6.20. The van der Waals surface area contributed by atoms with Gasteiger partial charge in [-0.3, -0.25) is 0 Å². The average molecular weight is 242 g/mol. The van der Waals surface area contributed by atoms with E-state index in [1.165, 1.54) is 0 Å². The SMILES string of the molecule is CC1OC(CCC(C)(C)C)(C(C)(C)C)OC1C. The Morgan fingerprint density at radius 3 is 1.59 bits per heavy atom. The highest BCUT2D eigenvalue weighted by Gasteiger charge is 2.52. The summed E-state index contributed by atoms with van der Waals surface area (Å²) in [5, 5.41) is 0. The van der Waals surface area contributed by atoms with Gasteiger partial charge in [0.25, 0.3) is 0 Å². The fourth-order valence-corrected chi connectivity index (χ4v) is 2.21. The van der Waals surface area contributed by atoms with E-state index in [4.69, 9.17) is 9.47 Å². The first-order valence-corrected chi connectivity index (χ1v) is 6.82. The molecule has 0 spiro atoms. The molecule has 1 fully saturated rings. The van der Waals surface area contributed by atoms with Crippen LogP contribution in [0.15, 0.2) is 0 Å². The molecule has 2 atom stereocenters. The van der Waals surface area contributed by atoms with Crippen molar-refractivity contribution in [3.05, 3.63) is 0 Å². The van der Waals surface area contributed by atoms with E-state index in [1.54, 1.807) is 0 Å². The minimum absolute atomic E-state index is 0.0112. The minimum atomic E-state index is -0.418. The van der Waals surface area contributed by atoms with E-state index in [9.17, 15) is 0 Å². The zero-order chi connectivity index (χ0) is 13.5. The van der Waals surface area contributed by atoms with Crippen LogP contribution in [-0.4, -0.2) is 18.0 Å². The van der Waals surface area contributed by atoms with Gasteiger partial charge in [0, 0.05) is 11.8 Å². The Labute approximate surface area is 107 Å². The Kier molecular flexibility index (Phi) is 4.01. The molecule has 0 amide bonds. The Morgan fingerprint density at radius 2 is 1.29 bits per heavy atom. The first kappa shape index (κ1) is 15.0. The zero-order valence-electron chi connectivity index (χ0n) is 12.9. The molecule has 0 bridgehead atoms. The van der Waals surface area contributed by atoms with Crippen LogP contribution >= 0.6 is 0 Å². The quantitative estimate of drug-likeness (QED) is 0.715. The molecule has 1 heterocycles. The molecule has 0 radical (unpaired) electrons. The molecule has 2 heteroatoms. The Balaban J connectivity index is 2.83. The standard InChI is InChI=1S/C15H30O2/c1-11-12(2)17-15(16-11,14(6,7)8)10-9-13(3,4)5/h11-12H,9-10H2,1-8H3. The van der Waals surface area contributed by atoms with Gasteiger partial charge in [0.2, 0.25) is 0 Å². The number of hydrogen-bond acceptors (Lipinski definition) is 2. The molecule has 1 rings (SSSR count).